The molecular weight excluding hydrogens is 260 g/mol. The molecule has 0 heterocycles. The highest BCUT2D eigenvalue weighted by molar-refractivity contribution is 5.71. The summed E-state index contributed by atoms with van der Waals surface area (Å²) in [4.78, 5) is 0. The van der Waals surface area contributed by atoms with Crippen molar-refractivity contribution in [3.05, 3.63) is 48.0 Å². The Balaban J connectivity index is 2.41. The Morgan fingerprint density at radius 1 is 0.800 bits per heavy atom. The Kier molecular flexibility index (Phi) is 4.21. The first-order chi connectivity index (χ1) is 9.52. The molecule has 6 nitrogen and oxygen atoms in total. The van der Waals surface area contributed by atoms with E-state index in [1.165, 1.54) is 0 Å². The lowest BCUT2D eigenvalue weighted by molar-refractivity contribution is 0.0285. The van der Waals surface area contributed by atoms with Crippen molar-refractivity contribution in [2.24, 2.45) is 0 Å². The van der Waals surface area contributed by atoms with E-state index in [2.05, 4.69) is 0 Å². The number of rotatable bonds is 4. The standard InChI is InChI=1S/C14H16N2O4/c1-2-10-9-13(16(19)20)7-8-14(10)11-3-5-12(6-4-11)15(17)18/h3-9,17-20H,2H2,1H3. The summed E-state index contributed by atoms with van der Waals surface area (Å²) in [5.74, 6) is 0. The van der Waals surface area contributed by atoms with E-state index in [-0.39, 0.29) is 16.1 Å². The molecule has 0 atom stereocenters. The van der Waals surface area contributed by atoms with E-state index in [4.69, 9.17) is 20.8 Å². The minimum absolute atomic E-state index is 0.0585. The van der Waals surface area contributed by atoms with E-state index >= 15 is 0 Å². The zero-order chi connectivity index (χ0) is 14.7. The van der Waals surface area contributed by atoms with Crippen LogP contribution in [0.3, 0.4) is 0 Å². The maximum atomic E-state index is 9.03. The molecule has 0 aliphatic carbocycles. The summed E-state index contributed by atoms with van der Waals surface area (Å²) < 4.78 is 0. The van der Waals surface area contributed by atoms with Crippen molar-refractivity contribution in [1.29, 1.82) is 0 Å². The molecule has 2 rings (SSSR count). The molecule has 20 heavy (non-hydrogen) atoms. The molecular formula is C14H16N2O4. The fourth-order valence-corrected chi connectivity index (χ4v) is 2.05. The first kappa shape index (κ1) is 14.3. The molecule has 0 unspecified atom stereocenters. The largest absolute Gasteiger partial charge is 0.264 e. The van der Waals surface area contributed by atoms with Gasteiger partial charge in [0.05, 0.1) is 11.4 Å². The lowest BCUT2D eigenvalue weighted by Crippen LogP contribution is -2.11. The molecule has 0 saturated carbocycles. The van der Waals surface area contributed by atoms with Gasteiger partial charge in [0.15, 0.2) is 0 Å². The molecule has 0 radical (unpaired) electrons. The lowest BCUT2D eigenvalue weighted by Gasteiger charge is -2.14. The van der Waals surface area contributed by atoms with Gasteiger partial charge in [-0.1, -0.05) is 25.1 Å². The van der Waals surface area contributed by atoms with Crippen LogP contribution in [0, 0.1) is 0 Å². The van der Waals surface area contributed by atoms with E-state index in [9.17, 15) is 0 Å². The summed E-state index contributed by atoms with van der Waals surface area (Å²) in [6.45, 7) is 1.97. The van der Waals surface area contributed by atoms with Gasteiger partial charge >= 0.3 is 0 Å². The highest BCUT2D eigenvalue weighted by atomic mass is 16.8. The second-order valence-electron chi connectivity index (χ2n) is 4.32. The maximum Gasteiger partial charge on any atom is 0.0945 e. The summed E-state index contributed by atoms with van der Waals surface area (Å²) in [5.41, 5.74) is 3.36. The van der Waals surface area contributed by atoms with E-state index < -0.39 is 0 Å². The average Bonchev–Trinajstić information content (AvgIpc) is 2.46. The van der Waals surface area contributed by atoms with Crippen LogP contribution in [-0.2, 0) is 6.42 Å². The maximum absolute atomic E-state index is 9.03. The van der Waals surface area contributed by atoms with Crippen LogP contribution in [0.5, 0.6) is 0 Å². The van der Waals surface area contributed by atoms with Crippen molar-refractivity contribution >= 4 is 11.4 Å². The SMILES string of the molecule is CCc1cc(N(O)O)ccc1-c1ccc(N(O)O)cc1. The minimum atomic E-state index is 0.0585. The van der Waals surface area contributed by atoms with Crippen LogP contribution in [0.4, 0.5) is 11.4 Å². The number of aryl methyl sites for hydroxylation is 1. The molecule has 106 valence electrons. The molecule has 0 fully saturated rings. The molecule has 4 N–H and O–H groups in total. The van der Waals surface area contributed by atoms with Gasteiger partial charge in [-0.25, -0.2) is 0 Å². The fourth-order valence-electron chi connectivity index (χ4n) is 2.05. The topological polar surface area (TPSA) is 87.4 Å². The zero-order valence-corrected chi connectivity index (χ0v) is 10.9. The number of anilines is 2. The quantitative estimate of drug-likeness (QED) is 0.642. The number of hydrogen-bond donors (Lipinski definition) is 4. The first-order valence-corrected chi connectivity index (χ1v) is 6.12. The molecule has 0 aromatic heterocycles. The van der Waals surface area contributed by atoms with Crippen LogP contribution in [0.2, 0.25) is 0 Å². The smallest absolute Gasteiger partial charge is 0.0945 e. The van der Waals surface area contributed by atoms with Gasteiger partial charge in [0.1, 0.15) is 0 Å². The molecule has 0 spiro atoms. The summed E-state index contributed by atoms with van der Waals surface area (Å²) in [6, 6.07) is 11.7. The second-order valence-corrected chi connectivity index (χ2v) is 4.32. The molecule has 2 aromatic carbocycles. The fraction of sp³-hybridized carbons (Fsp3) is 0.143. The van der Waals surface area contributed by atoms with Gasteiger partial charge in [-0.2, -0.15) is 0 Å². The molecule has 2 aromatic rings. The summed E-state index contributed by atoms with van der Waals surface area (Å²) in [6.07, 6.45) is 0.727. The van der Waals surface area contributed by atoms with Crippen molar-refractivity contribution in [2.45, 2.75) is 13.3 Å². The van der Waals surface area contributed by atoms with E-state index in [1.54, 1.807) is 42.5 Å². The third-order valence-electron chi connectivity index (χ3n) is 3.11. The van der Waals surface area contributed by atoms with Gasteiger partial charge in [-0.05, 0) is 47.4 Å². The lowest BCUT2D eigenvalue weighted by atomic mass is 9.97. The number of hydrogen-bond acceptors (Lipinski definition) is 6. The molecule has 0 bridgehead atoms. The average molecular weight is 276 g/mol. The molecule has 0 aliphatic heterocycles. The van der Waals surface area contributed by atoms with E-state index in [0.29, 0.717) is 5.69 Å². The van der Waals surface area contributed by atoms with Gasteiger partial charge in [-0.3, -0.25) is 20.8 Å². The predicted octanol–water partition coefficient (Wildman–Crippen LogP) is 3.09. The van der Waals surface area contributed by atoms with Crippen molar-refractivity contribution in [2.75, 3.05) is 10.5 Å². The monoisotopic (exact) mass is 276 g/mol. The van der Waals surface area contributed by atoms with Gasteiger partial charge in [0.25, 0.3) is 0 Å². The Hall–Kier alpha value is -2.12. The van der Waals surface area contributed by atoms with Gasteiger partial charge < -0.3 is 0 Å². The van der Waals surface area contributed by atoms with E-state index in [0.717, 1.165) is 23.1 Å². The van der Waals surface area contributed by atoms with Crippen LogP contribution in [0.15, 0.2) is 42.5 Å². The summed E-state index contributed by atoms with van der Waals surface area (Å²) in [5, 5.41) is 36.0. The molecule has 0 aliphatic rings. The predicted molar refractivity (Wildman–Crippen MR) is 73.4 cm³/mol. The molecule has 0 saturated heterocycles. The Morgan fingerprint density at radius 3 is 1.85 bits per heavy atom. The van der Waals surface area contributed by atoms with Crippen LogP contribution < -0.4 is 10.5 Å². The number of nitrogens with zero attached hydrogens (tertiary/aromatic N) is 2. The Bertz CT molecular complexity index is 582. The molecule has 6 heteroatoms. The third kappa shape index (κ3) is 2.89. The van der Waals surface area contributed by atoms with Crippen molar-refractivity contribution < 1.29 is 20.8 Å². The van der Waals surface area contributed by atoms with Crippen LogP contribution in [0.25, 0.3) is 11.1 Å². The van der Waals surface area contributed by atoms with Gasteiger partial charge in [-0.15, -0.1) is 10.5 Å². The number of benzene rings is 2. The van der Waals surface area contributed by atoms with E-state index in [1.807, 2.05) is 6.92 Å². The second kappa shape index (κ2) is 5.89. The zero-order valence-electron chi connectivity index (χ0n) is 10.9. The minimum Gasteiger partial charge on any atom is -0.264 e. The van der Waals surface area contributed by atoms with Crippen LogP contribution in [-0.4, -0.2) is 20.8 Å². The highest BCUT2D eigenvalue weighted by Gasteiger charge is 2.08. The van der Waals surface area contributed by atoms with Crippen LogP contribution in [0.1, 0.15) is 12.5 Å². The Labute approximate surface area is 116 Å². The van der Waals surface area contributed by atoms with Crippen molar-refractivity contribution in [1.82, 2.24) is 0 Å². The molecule has 0 amide bonds. The van der Waals surface area contributed by atoms with Gasteiger partial charge in [0.2, 0.25) is 0 Å². The Morgan fingerprint density at radius 2 is 1.35 bits per heavy atom. The summed E-state index contributed by atoms with van der Waals surface area (Å²) in [7, 11) is 0. The summed E-state index contributed by atoms with van der Waals surface area (Å²) >= 11 is 0. The highest BCUT2D eigenvalue weighted by Crippen LogP contribution is 2.29. The third-order valence-corrected chi connectivity index (χ3v) is 3.11. The van der Waals surface area contributed by atoms with Crippen molar-refractivity contribution in [3.8, 4) is 11.1 Å². The normalized spacial score (nSPS) is 10.4. The first-order valence-electron chi connectivity index (χ1n) is 6.12. The van der Waals surface area contributed by atoms with Gasteiger partial charge in [0, 0.05) is 0 Å². The van der Waals surface area contributed by atoms with Crippen LogP contribution >= 0.6 is 0 Å². The van der Waals surface area contributed by atoms with Crippen molar-refractivity contribution in [3.63, 3.8) is 0 Å².